The normalized spacial score (nSPS) is 14.5. The average molecular weight is 176 g/mol. The van der Waals surface area contributed by atoms with Gasteiger partial charge in [0, 0.05) is 0 Å². The first-order valence-electron chi connectivity index (χ1n) is 4.04. The lowest BCUT2D eigenvalue weighted by molar-refractivity contribution is -0.141. The van der Waals surface area contributed by atoms with Gasteiger partial charge in [0.05, 0.1) is 0 Å². The molecule has 0 amide bonds. The number of hydrogen-bond acceptors (Lipinski definition) is 1. The summed E-state index contributed by atoms with van der Waals surface area (Å²) in [7, 11) is 0. The standard InChI is InChI=1S/C11H12O2/c1-3-11(2,10(12)13)9-7-5-4-6-8-9/h3-8H,1H2,2H3,(H,12,13). The van der Waals surface area contributed by atoms with E-state index < -0.39 is 11.4 Å². The van der Waals surface area contributed by atoms with E-state index in [1.807, 2.05) is 18.2 Å². The van der Waals surface area contributed by atoms with Crippen molar-refractivity contribution in [2.24, 2.45) is 0 Å². The number of benzene rings is 1. The van der Waals surface area contributed by atoms with Crippen molar-refractivity contribution in [3.63, 3.8) is 0 Å². The van der Waals surface area contributed by atoms with E-state index in [0.717, 1.165) is 5.56 Å². The third-order valence-electron chi connectivity index (χ3n) is 2.23. The molecule has 0 saturated carbocycles. The van der Waals surface area contributed by atoms with Gasteiger partial charge in [0.1, 0.15) is 5.41 Å². The summed E-state index contributed by atoms with van der Waals surface area (Å²) in [6, 6.07) is 9.07. The van der Waals surface area contributed by atoms with Crippen LogP contribution in [0.15, 0.2) is 43.0 Å². The molecule has 0 aliphatic carbocycles. The third-order valence-corrected chi connectivity index (χ3v) is 2.23. The molecule has 0 heterocycles. The van der Waals surface area contributed by atoms with Crippen molar-refractivity contribution >= 4 is 5.97 Å². The van der Waals surface area contributed by atoms with E-state index in [9.17, 15) is 4.79 Å². The third kappa shape index (κ3) is 1.61. The lowest BCUT2D eigenvalue weighted by atomic mass is 9.83. The first kappa shape index (κ1) is 9.52. The summed E-state index contributed by atoms with van der Waals surface area (Å²) in [4.78, 5) is 11.0. The van der Waals surface area contributed by atoms with E-state index in [2.05, 4.69) is 6.58 Å². The molecule has 1 aromatic carbocycles. The Morgan fingerprint density at radius 1 is 1.46 bits per heavy atom. The van der Waals surface area contributed by atoms with Gasteiger partial charge in [-0.15, -0.1) is 6.58 Å². The van der Waals surface area contributed by atoms with Gasteiger partial charge in [0.15, 0.2) is 0 Å². The summed E-state index contributed by atoms with van der Waals surface area (Å²) in [5, 5.41) is 9.01. The minimum atomic E-state index is -0.985. The van der Waals surface area contributed by atoms with Gasteiger partial charge in [-0.05, 0) is 12.5 Å². The molecule has 2 heteroatoms. The summed E-state index contributed by atoms with van der Waals surface area (Å²) in [5.41, 5.74) is -0.237. The molecular formula is C11H12O2. The Labute approximate surface area is 77.5 Å². The van der Waals surface area contributed by atoms with E-state index in [1.54, 1.807) is 19.1 Å². The lowest BCUT2D eigenvalue weighted by Gasteiger charge is -2.20. The van der Waals surface area contributed by atoms with Crippen molar-refractivity contribution in [1.82, 2.24) is 0 Å². The van der Waals surface area contributed by atoms with Crippen LogP contribution >= 0.6 is 0 Å². The monoisotopic (exact) mass is 176 g/mol. The molecule has 0 bridgehead atoms. The molecule has 0 radical (unpaired) electrons. The maximum absolute atomic E-state index is 11.0. The van der Waals surface area contributed by atoms with Crippen LogP contribution in [-0.2, 0) is 10.2 Å². The second-order valence-corrected chi connectivity index (χ2v) is 3.08. The first-order valence-corrected chi connectivity index (χ1v) is 4.04. The van der Waals surface area contributed by atoms with E-state index in [-0.39, 0.29) is 0 Å². The van der Waals surface area contributed by atoms with Crippen molar-refractivity contribution in [2.45, 2.75) is 12.3 Å². The molecule has 1 aromatic rings. The van der Waals surface area contributed by atoms with Crippen LogP contribution in [-0.4, -0.2) is 11.1 Å². The summed E-state index contributed by atoms with van der Waals surface area (Å²) in [5.74, 6) is -0.881. The van der Waals surface area contributed by atoms with E-state index in [1.165, 1.54) is 6.08 Å². The minimum Gasteiger partial charge on any atom is -0.480 e. The Bertz CT molecular complexity index is 316. The molecule has 1 unspecified atom stereocenters. The molecule has 0 saturated heterocycles. The molecule has 0 aromatic heterocycles. The van der Waals surface area contributed by atoms with Gasteiger partial charge in [-0.25, -0.2) is 0 Å². The Balaban J connectivity index is 3.18. The number of carboxylic acid groups (broad SMARTS) is 1. The van der Waals surface area contributed by atoms with Crippen LogP contribution in [0.2, 0.25) is 0 Å². The molecule has 68 valence electrons. The Hall–Kier alpha value is -1.57. The Kier molecular flexibility index (Phi) is 2.52. The molecule has 0 aliphatic rings. The van der Waals surface area contributed by atoms with Crippen molar-refractivity contribution in [3.8, 4) is 0 Å². The Morgan fingerprint density at radius 3 is 2.38 bits per heavy atom. The minimum absolute atomic E-state index is 0.748. The lowest BCUT2D eigenvalue weighted by Crippen LogP contribution is -2.29. The summed E-state index contributed by atoms with van der Waals surface area (Å²) < 4.78 is 0. The maximum atomic E-state index is 11.0. The molecule has 2 nitrogen and oxygen atoms in total. The summed E-state index contributed by atoms with van der Waals surface area (Å²) in [6.07, 6.45) is 1.45. The number of carbonyl (C=O) groups is 1. The molecule has 0 aliphatic heterocycles. The molecular weight excluding hydrogens is 164 g/mol. The zero-order valence-electron chi connectivity index (χ0n) is 7.53. The quantitative estimate of drug-likeness (QED) is 0.717. The highest BCUT2D eigenvalue weighted by Crippen LogP contribution is 2.24. The van der Waals surface area contributed by atoms with Crippen LogP contribution in [0.3, 0.4) is 0 Å². The fourth-order valence-corrected chi connectivity index (χ4v) is 1.11. The van der Waals surface area contributed by atoms with Gasteiger partial charge in [-0.2, -0.15) is 0 Å². The number of aliphatic carboxylic acids is 1. The van der Waals surface area contributed by atoms with Crippen molar-refractivity contribution < 1.29 is 9.90 Å². The van der Waals surface area contributed by atoms with Gasteiger partial charge >= 0.3 is 5.97 Å². The second-order valence-electron chi connectivity index (χ2n) is 3.08. The van der Waals surface area contributed by atoms with Crippen molar-refractivity contribution in [2.75, 3.05) is 0 Å². The fraction of sp³-hybridized carbons (Fsp3) is 0.182. The number of carboxylic acids is 1. The SMILES string of the molecule is C=CC(C)(C(=O)O)c1ccccc1. The van der Waals surface area contributed by atoms with Crippen molar-refractivity contribution in [3.05, 3.63) is 48.6 Å². The average Bonchev–Trinajstić information content (AvgIpc) is 2.17. The zero-order chi connectivity index (χ0) is 9.90. The molecule has 0 spiro atoms. The van der Waals surface area contributed by atoms with Gasteiger partial charge < -0.3 is 5.11 Å². The highest BCUT2D eigenvalue weighted by atomic mass is 16.4. The van der Waals surface area contributed by atoms with E-state index in [4.69, 9.17) is 5.11 Å². The van der Waals surface area contributed by atoms with Gasteiger partial charge in [0.25, 0.3) is 0 Å². The van der Waals surface area contributed by atoms with Gasteiger partial charge in [0.2, 0.25) is 0 Å². The predicted molar refractivity (Wildman–Crippen MR) is 51.6 cm³/mol. The number of hydrogen-bond donors (Lipinski definition) is 1. The van der Waals surface area contributed by atoms with Gasteiger partial charge in [-0.1, -0.05) is 36.4 Å². The van der Waals surface area contributed by atoms with Crippen LogP contribution in [0.5, 0.6) is 0 Å². The highest BCUT2D eigenvalue weighted by Gasteiger charge is 2.31. The molecule has 0 fully saturated rings. The zero-order valence-corrected chi connectivity index (χ0v) is 7.53. The predicted octanol–water partition coefficient (Wildman–Crippen LogP) is 2.21. The van der Waals surface area contributed by atoms with Crippen LogP contribution in [0.4, 0.5) is 0 Å². The molecule has 1 atom stereocenters. The first-order chi connectivity index (χ1) is 6.11. The van der Waals surface area contributed by atoms with E-state index in [0.29, 0.717) is 0 Å². The topological polar surface area (TPSA) is 37.3 Å². The molecule has 1 rings (SSSR count). The number of rotatable bonds is 3. The van der Waals surface area contributed by atoms with Crippen LogP contribution in [0, 0.1) is 0 Å². The smallest absolute Gasteiger partial charge is 0.317 e. The maximum Gasteiger partial charge on any atom is 0.317 e. The Morgan fingerprint density at radius 2 is 2.00 bits per heavy atom. The van der Waals surface area contributed by atoms with E-state index >= 15 is 0 Å². The molecule has 1 N–H and O–H groups in total. The van der Waals surface area contributed by atoms with Crippen LogP contribution in [0.1, 0.15) is 12.5 Å². The van der Waals surface area contributed by atoms with Crippen LogP contribution in [0.25, 0.3) is 0 Å². The fourth-order valence-electron chi connectivity index (χ4n) is 1.11. The van der Waals surface area contributed by atoms with Crippen molar-refractivity contribution in [1.29, 1.82) is 0 Å². The largest absolute Gasteiger partial charge is 0.480 e. The van der Waals surface area contributed by atoms with Gasteiger partial charge in [-0.3, -0.25) is 4.79 Å². The summed E-state index contributed by atoms with van der Waals surface area (Å²) >= 11 is 0. The molecule has 13 heavy (non-hydrogen) atoms. The van der Waals surface area contributed by atoms with Crippen LogP contribution < -0.4 is 0 Å². The second kappa shape index (κ2) is 3.44. The summed E-state index contributed by atoms with van der Waals surface area (Å²) in [6.45, 7) is 5.19. The highest BCUT2D eigenvalue weighted by molar-refractivity contribution is 5.83.